The molecule has 3 aromatic rings. The van der Waals surface area contributed by atoms with Crippen LogP contribution in [0.4, 0.5) is 5.95 Å². The fourth-order valence-electron chi connectivity index (χ4n) is 3.53. The Morgan fingerprint density at radius 2 is 2.17 bits per heavy atom. The molecule has 2 fully saturated rings. The van der Waals surface area contributed by atoms with E-state index in [4.69, 9.17) is 9.47 Å². The molecule has 2 aliphatic heterocycles. The predicted octanol–water partition coefficient (Wildman–Crippen LogP) is -2.18. The highest BCUT2D eigenvalue weighted by atomic mass is 16.6. The quantitative estimate of drug-likeness (QED) is 0.309. The Morgan fingerprint density at radius 3 is 2.86 bits per heavy atom. The van der Waals surface area contributed by atoms with Crippen molar-refractivity contribution in [3.05, 3.63) is 6.33 Å². The molecule has 14 heteroatoms. The van der Waals surface area contributed by atoms with E-state index in [0.29, 0.717) is 41.8 Å². The van der Waals surface area contributed by atoms with Crippen molar-refractivity contribution < 1.29 is 24.8 Å². The van der Waals surface area contributed by atoms with Crippen LogP contribution in [0.25, 0.3) is 22.7 Å². The van der Waals surface area contributed by atoms with Gasteiger partial charge in [0.2, 0.25) is 11.8 Å². The Hall–Kier alpha value is -2.78. The van der Waals surface area contributed by atoms with Crippen molar-refractivity contribution >= 4 is 17.1 Å². The first-order valence-corrected chi connectivity index (χ1v) is 9.11. The lowest BCUT2D eigenvalue weighted by molar-refractivity contribution is -0.0511. The second-order valence-corrected chi connectivity index (χ2v) is 6.90. The van der Waals surface area contributed by atoms with Gasteiger partial charge in [-0.25, -0.2) is 15.1 Å². The summed E-state index contributed by atoms with van der Waals surface area (Å²) >= 11 is 0. The highest BCUT2D eigenvalue weighted by Crippen LogP contribution is 2.33. The van der Waals surface area contributed by atoms with Crippen LogP contribution in [0.2, 0.25) is 0 Å². The normalized spacial score (nSPS) is 29.7. The summed E-state index contributed by atoms with van der Waals surface area (Å²) in [5, 5.41) is 46.8. The van der Waals surface area contributed by atoms with Gasteiger partial charge in [-0.3, -0.25) is 4.57 Å². The highest BCUT2D eigenvalue weighted by Gasteiger charge is 2.44. The van der Waals surface area contributed by atoms with Crippen molar-refractivity contribution in [3.63, 3.8) is 0 Å². The van der Waals surface area contributed by atoms with Crippen LogP contribution in [0.3, 0.4) is 0 Å². The zero-order chi connectivity index (χ0) is 20.0. The van der Waals surface area contributed by atoms with Crippen molar-refractivity contribution in [2.24, 2.45) is 0 Å². The molecule has 0 bridgehead atoms. The third kappa shape index (κ3) is 3.10. The third-order valence-electron chi connectivity index (χ3n) is 5.05. The van der Waals surface area contributed by atoms with E-state index in [1.807, 2.05) is 0 Å². The average molecular weight is 405 g/mol. The van der Waals surface area contributed by atoms with E-state index in [1.165, 1.54) is 10.9 Å². The molecule has 0 amide bonds. The number of nitrogens with zero attached hydrogens (tertiary/aromatic N) is 7. The molecule has 2 saturated heterocycles. The largest absolute Gasteiger partial charge is 0.394 e. The van der Waals surface area contributed by atoms with Crippen LogP contribution in [0, 0.1) is 0 Å². The minimum atomic E-state index is -1.27. The molecule has 5 N–H and O–H groups in total. The SMILES string of the molecule is OC[C@H]1O[C@@H](n2cnc3c(-c4nnn[nH]4)nc(NC4CCOC4)nc32)[C@@H](O)[C@H]1O. The molecule has 5 rings (SSSR count). The highest BCUT2D eigenvalue weighted by molar-refractivity contribution is 5.86. The average Bonchev–Trinajstić information content (AvgIpc) is 3.51. The van der Waals surface area contributed by atoms with E-state index in [2.05, 4.69) is 40.9 Å². The molecule has 0 radical (unpaired) electrons. The Morgan fingerprint density at radius 1 is 1.28 bits per heavy atom. The number of aliphatic hydroxyl groups excluding tert-OH is 3. The number of anilines is 1. The summed E-state index contributed by atoms with van der Waals surface area (Å²) in [6, 6.07) is 0.0541. The number of tetrazole rings is 1. The molecular formula is C15H19N9O5. The van der Waals surface area contributed by atoms with Crippen LogP contribution in [0.5, 0.6) is 0 Å². The number of rotatable bonds is 5. The van der Waals surface area contributed by atoms with E-state index in [-0.39, 0.29) is 6.04 Å². The number of imidazole rings is 1. The maximum absolute atomic E-state index is 10.4. The van der Waals surface area contributed by atoms with Crippen LogP contribution in [-0.2, 0) is 9.47 Å². The second-order valence-electron chi connectivity index (χ2n) is 6.90. The molecule has 5 atom stereocenters. The van der Waals surface area contributed by atoms with Crippen LogP contribution in [0.1, 0.15) is 12.6 Å². The third-order valence-corrected chi connectivity index (χ3v) is 5.05. The first kappa shape index (κ1) is 18.3. The maximum atomic E-state index is 10.4. The van der Waals surface area contributed by atoms with E-state index >= 15 is 0 Å². The molecule has 14 nitrogen and oxygen atoms in total. The van der Waals surface area contributed by atoms with Crippen LogP contribution < -0.4 is 5.32 Å². The van der Waals surface area contributed by atoms with E-state index in [0.717, 1.165) is 6.42 Å². The number of aromatic nitrogens is 8. The molecule has 0 aromatic carbocycles. The Labute approximate surface area is 162 Å². The Balaban J connectivity index is 1.60. The van der Waals surface area contributed by atoms with Crippen LogP contribution in [0.15, 0.2) is 6.33 Å². The minimum absolute atomic E-state index is 0.0541. The number of hydrogen-bond acceptors (Lipinski definition) is 12. The van der Waals surface area contributed by atoms with Crippen molar-refractivity contribution in [2.45, 2.75) is 37.0 Å². The Kier molecular flexibility index (Phi) is 4.56. The summed E-state index contributed by atoms with van der Waals surface area (Å²) in [6.07, 6.45) is -2.17. The second kappa shape index (κ2) is 7.23. The number of H-pyrrole nitrogens is 1. The van der Waals surface area contributed by atoms with Crippen molar-refractivity contribution in [3.8, 4) is 11.5 Å². The smallest absolute Gasteiger partial charge is 0.225 e. The minimum Gasteiger partial charge on any atom is -0.394 e. The Bertz CT molecular complexity index is 990. The number of ether oxygens (including phenoxy) is 2. The van der Waals surface area contributed by atoms with Gasteiger partial charge in [0.1, 0.15) is 29.5 Å². The lowest BCUT2D eigenvalue weighted by Crippen LogP contribution is -2.33. The molecular weight excluding hydrogens is 386 g/mol. The zero-order valence-corrected chi connectivity index (χ0v) is 15.1. The summed E-state index contributed by atoms with van der Waals surface area (Å²) in [6.45, 7) is 0.758. The predicted molar refractivity (Wildman–Crippen MR) is 94.4 cm³/mol. The van der Waals surface area contributed by atoms with Gasteiger partial charge in [-0.15, -0.1) is 5.10 Å². The number of nitrogens with one attached hydrogen (secondary N) is 2. The first-order valence-electron chi connectivity index (χ1n) is 9.11. The molecule has 0 saturated carbocycles. The number of aliphatic hydroxyl groups is 3. The zero-order valence-electron chi connectivity index (χ0n) is 15.1. The standard InChI is InChI=1S/C15H19N9O5/c25-3-7-10(26)11(27)14(29-7)24-5-16-9-8(12-20-22-23-21-12)18-15(19-13(9)24)17-6-1-2-28-4-6/h5-7,10-11,14,25-27H,1-4H2,(H,17,18,19)(H,20,21,22,23)/t6?,7-,10+,11+,14-/m1/s1. The van der Waals surface area contributed by atoms with Gasteiger partial charge in [0.15, 0.2) is 11.9 Å². The maximum Gasteiger partial charge on any atom is 0.225 e. The number of aromatic amines is 1. The summed E-state index contributed by atoms with van der Waals surface area (Å²) in [4.78, 5) is 13.4. The number of hydrogen-bond donors (Lipinski definition) is 5. The van der Waals surface area contributed by atoms with E-state index in [1.54, 1.807) is 0 Å². The van der Waals surface area contributed by atoms with Crippen LogP contribution >= 0.6 is 0 Å². The summed E-state index contributed by atoms with van der Waals surface area (Å²) in [5.74, 6) is 0.613. The number of fused-ring (bicyclic) bond motifs is 1. The fourth-order valence-corrected chi connectivity index (χ4v) is 3.53. The molecule has 2 aliphatic rings. The fraction of sp³-hybridized carbons (Fsp3) is 0.600. The summed E-state index contributed by atoms with van der Waals surface area (Å²) < 4.78 is 12.5. The molecule has 154 valence electrons. The molecule has 0 spiro atoms. The van der Waals surface area contributed by atoms with Gasteiger partial charge in [-0.1, -0.05) is 0 Å². The lowest BCUT2D eigenvalue weighted by atomic mass is 10.1. The molecule has 3 aromatic heterocycles. The van der Waals surface area contributed by atoms with Gasteiger partial charge in [-0.05, 0) is 16.8 Å². The van der Waals surface area contributed by atoms with E-state index in [9.17, 15) is 15.3 Å². The van der Waals surface area contributed by atoms with Gasteiger partial charge in [0.25, 0.3) is 0 Å². The van der Waals surface area contributed by atoms with Crippen LogP contribution in [-0.4, -0.2) is 99.6 Å². The topological polar surface area (TPSA) is 189 Å². The first-order chi connectivity index (χ1) is 14.2. The molecule has 5 heterocycles. The van der Waals surface area contributed by atoms with Gasteiger partial charge in [0, 0.05) is 6.61 Å². The van der Waals surface area contributed by atoms with Crippen molar-refractivity contribution in [2.75, 3.05) is 25.1 Å². The molecule has 0 aliphatic carbocycles. The molecule has 29 heavy (non-hydrogen) atoms. The summed E-state index contributed by atoms with van der Waals surface area (Å²) in [5.41, 5.74) is 1.10. The van der Waals surface area contributed by atoms with Gasteiger partial charge in [0.05, 0.1) is 25.6 Å². The summed E-state index contributed by atoms with van der Waals surface area (Å²) in [7, 11) is 0. The van der Waals surface area contributed by atoms with E-state index < -0.39 is 31.1 Å². The molecule has 1 unspecified atom stereocenters. The van der Waals surface area contributed by atoms with Crippen molar-refractivity contribution in [1.82, 2.24) is 40.1 Å². The van der Waals surface area contributed by atoms with Gasteiger partial charge >= 0.3 is 0 Å². The van der Waals surface area contributed by atoms with Gasteiger partial charge < -0.3 is 30.1 Å². The monoisotopic (exact) mass is 405 g/mol. The lowest BCUT2D eigenvalue weighted by Gasteiger charge is -2.17. The van der Waals surface area contributed by atoms with Gasteiger partial charge in [-0.2, -0.15) is 4.98 Å². The van der Waals surface area contributed by atoms with Crippen molar-refractivity contribution in [1.29, 1.82) is 0 Å².